The van der Waals surface area contributed by atoms with E-state index in [1.54, 1.807) is 36.8 Å². The molecule has 20 heavy (non-hydrogen) atoms. The molecule has 1 aromatic heterocycles. The molecule has 5 nitrogen and oxygen atoms in total. The summed E-state index contributed by atoms with van der Waals surface area (Å²) < 4.78 is 14.7. The van der Waals surface area contributed by atoms with Crippen molar-refractivity contribution in [1.82, 2.24) is 0 Å². The Bertz CT molecular complexity index is 626. The van der Waals surface area contributed by atoms with Crippen LogP contribution in [0.15, 0.2) is 35.1 Å². The van der Waals surface area contributed by atoms with Gasteiger partial charge in [-0.2, -0.15) is 0 Å². The summed E-state index contributed by atoms with van der Waals surface area (Å²) in [6, 6.07) is 4.78. The minimum atomic E-state index is -0.614. The molecular weight excluding hydrogens is 260 g/mol. The van der Waals surface area contributed by atoms with Gasteiger partial charge in [0.15, 0.2) is 0 Å². The van der Waals surface area contributed by atoms with Crippen molar-refractivity contribution in [2.45, 2.75) is 0 Å². The molecule has 0 radical (unpaired) electrons. The molecule has 0 aliphatic rings. The van der Waals surface area contributed by atoms with Crippen molar-refractivity contribution < 1.29 is 23.8 Å². The molecule has 1 N–H and O–H groups in total. The molecule has 104 valence electrons. The minimum Gasteiger partial charge on any atom is -0.507 e. The van der Waals surface area contributed by atoms with Crippen LogP contribution in [0, 0.1) is 0 Å². The Morgan fingerprint density at radius 2 is 2.10 bits per heavy atom. The fourth-order valence-electron chi connectivity index (χ4n) is 1.75. The monoisotopic (exact) mass is 274 g/mol. The molecule has 0 fully saturated rings. The van der Waals surface area contributed by atoms with Crippen LogP contribution in [0.25, 0.3) is 12.2 Å². The van der Waals surface area contributed by atoms with Gasteiger partial charge in [-0.15, -0.1) is 0 Å². The first-order chi connectivity index (χ1) is 9.65. The summed E-state index contributed by atoms with van der Waals surface area (Å²) in [5.41, 5.74) is 1.42. The van der Waals surface area contributed by atoms with Gasteiger partial charge >= 0.3 is 5.97 Å². The third-order valence-corrected chi connectivity index (χ3v) is 2.75. The van der Waals surface area contributed by atoms with Gasteiger partial charge in [0.25, 0.3) is 0 Å². The molecule has 0 aliphatic heterocycles. The maximum Gasteiger partial charge on any atom is 0.342 e. The molecule has 0 bridgehead atoms. The van der Waals surface area contributed by atoms with Gasteiger partial charge in [-0.25, -0.2) is 4.79 Å². The number of aromatic hydroxyl groups is 1. The van der Waals surface area contributed by atoms with E-state index in [0.717, 1.165) is 5.56 Å². The Hall–Kier alpha value is -2.69. The Kier molecular flexibility index (Phi) is 4.10. The van der Waals surface area contributed by atoms with Crippen molar-refractivity contribution in [3.05, 3.63) is 47.4 Å². The average Bonchev–Trinajstić information content (AvgIpc) is 2.97. The highest BCUT2D eigenvalue weighted by atomic mass is 16.5. The highest BCUT2D eigenvalue weighted by Gasteiger charge is 2.17. The fraction of sp³-hybridized carbons (Fsp3) is 0.133. The van der Waals surface area contributed by atoms with Crippen LogP contribution in [0.3, 0.4) is 0 Å². The molecule has 0 saturated carbocycles. The van der Waals surface area contributed by atoms with Gasteiger partial charge in [0.05, 0.1) is 26.7 Å². The van der Waals surface area contributed by atoms with E-state index in [2.05, 4.69) is 4.74 Å². The smallest absolute Gasteiger partial charge is 0.342 e. The number of carbonyl (C=O) groups is 1. The van der Waals surface area contributed by atoms with E-state index in [-0.39, 0.29) is 11.3 Å². The predicted octanol–water partition coefficient (Wildman–Crippen LogP) is 2.95. The molecule has 0 atom stereocenters. The molecule has 1 aromatic carbocycles. The summed E-state index contributed by atoms with van der Waals surface area (Å²) in [5, 5.41) is 9.93. The largest absolute Gasteiger partial charge is 0.507 e. The van der Waals surface area contributed by atoms with Gasteiger partial charge < -0.3 is 19.0 Å². The molecule has 2 rings (SSSR count). The van der Waals surface area contributed by atoms with E-state index in [1.165, 1.54) is 20.3 Å². The number of phenolic OH excluding ortho intramolecular Hbond substituents is 1. The summed E-state index contributed by atoms with van der Waals surface area (Å²) in [6.45, 7) is 0. The van der Waals surface area contributed by atoms with Crippen LogP contribution in [0.2, 0.25) is 0 Å². The van der Waals surface area contributed by atoms with E-state index < -0.39 is 5.97 Å². The summed E-state index contributed by atoms with van der Waals surface area (Å²) in [6.07, 6.45) is 6.54. The number of hydrogen-bond acceptors (Lipinski definition) is 5. The van der Waals surface area contributed by atoms with E-state index in [4.69, 9.17) is 9.15 Å². The zero-order valence-corrected chi connectivity index (χ0v) is 11.1. The second-order valence-electron chi connectivity index (χ2n) is 3.99. The molecule has 0 aliphatic carbocycles. The minimum absolute atomic E-state index is 0.0908. The van der Waals surface area contributed by atoms with Crippen LogP contribution < -0.4 is 4.74 Å². The van der Waals surface area contributed by atoms with E-state index in [9.17, 15) is 9.90 Å². The third kappa shape index (κ3) is 2.83. The summed E-state index contributed by atoms with van der Waals surface area (Å²) in [4.78, 5) is 11.7. The number of rotatable bonds is 4. The second-order valence-corrected chi connectivity index (χ2v) is 3.99. The van der Waals surface area contributed by atoms with Crippen LogP contribution in [-0.4, -0.2) is 25.3 Å². The van der Waals surface area contributed by atoms with Crippen LogP contribution in [0.5, 0.6) is 11.5 Å². The summed E-state index contributed by atoms with van der Waals surface area (Å²) >= 11 is 0. The fourth-order valence-corrected chi connectivity index (χ4v) is 1.75. The molecule has 0 spiro atoms. The predicted molar refractivity (Wildman–Crippen MR) is 73.6 cm³/mol. The molecule has 1 heterocycles. The molecule has 0 unspecified atom stereocenters. The SMILES string of the molecule is COC(=O)c1c(O)cc(OC)cc1/C=C/c1ccoc1. The highest BCUT2D eigenvalue weighted by molar-refractivity contribution is 5.97. The van der Waals surface area contributed by atoms with Crippen LogP contribution in [0.1, 0.15) is 21.5 Å². The molecule has 5 heteroatoms. The zero-order chi connectivity index (χ0) is 14.5. The maximum atomic E-state index is 11.7. The first-order valence-corrected chi connectivity index (χ1v) is 5.85. The molecule has 0 amide bonds. The van der Waals surface area contributed by atoms with Gasteiger partial charge in [-0.05, 0) is 17.7 Å². The first-order valence-electron chi connectivity index (χ1n) is 5.85. The normalized spacial score (nSPS) is 10.7. The number of methoxy groups -OCH3 is 2. The number of carbonyl (C=O) groups excluding carboxylic acids is 1. The van der Waals surface area contributed by atoms with Gasteiger partial charge in [-0.3, -0.25) is 0 Å². The topological polar surface area (TPSA) is 68.9 Å². The Morgan fingerprint density at radius 1 is 1.30 bits per heavy atom. The van der Waals surface area contributed by atoms with E-state index in [0.29, 0.717) is 11.3 Å². The van der Waals surface area contributed by atoms with Gasteiger partial charge in [0.1, 0.15) is 17.1 Å². The lowest BCUT2D eigenvalue weighted by atomic mass is 10.0. The number of esters is 1. The van der Waals surface area contributed by atoms with E-state index >= 15 is 0 Å². The van der Waals surface area contributed by atoms with Crippen molar-refractivity contribution in [1.29, 1.82) is 0 Å². The van der Waals surface area contributed by atoms with Crippen molar-refractivity contribution in [3.8, 4) is 11.5 Å². The Balaban J connectivity index is 2.48. The van der Waals surface area contributed by atoms with Gasteiger partial charge in [-0.1, -0.05) is 12.2 Å². The molecular formula is C15H14O5. The molecule has 0 saturated heterocycles. The quantitative estimate of drug-likeness (QED) is 0.868. The number of hydrogen-bond donors (Lipinski definition) is 1. The van der Waals surface area contributed by atoms with E-state index in [1.807, 2.05) is 0 Å². The van der Waals surface area contributed by atoms with Crippen molar-refractivity contribution in [2.75, 3.05) is 14.2 Å². The van der Waals surface area contributed by atoms with Crippen molar-refractivity contribution >= 4 is 18.1 Å². The lowest BCUT2D eigenvalue weighted by molar-refractivity contribution is 0.0597. The highest BCUT2D eigenvalue weighted by Crippen LogP contribution is 2.29. The number of phenols is 1. The Labute approximate surface area is 116 Å². The third-order valence-electron chi connectivity index (χ3n) is 2.75. The number of furan rings is 1. The maximum absolute atomic E-state index is 11.7. The zero-order valence-electron chi connectivity index (χ0n) is 11.1. The van der Waals surface area contributed by atoms with Crippen LogP contribution in [0.4, 0.5) is 0 Å². The second kappa shape index (κ2) is 5.97. The molecule has 2 aromatic rings. The number of ether oxygens (including phenoxy) is 2. The standard InChI is InChI=1S/C15H14O5/c1-18-12-7-11(4-3-10-5-6-20-9-10)14(13(16)8-12)15(17)19-2/h3-9,16H,1-2H3/b4-3+. The summed E-state index contributed by atoms with van der Waals surface area (Å²) in [5.74, 6) is -0.359. The van der Waals surface area contributed by atoms with Crippen LogP contribution >= 0.6 is 0 Å². The van der Waals surface area contributed by atoms with Crippen LogP contribution in [-0.2, 0) is 4.74 Å². The van der Waals surface area contributed by atoms with Gasteiger partial charge in [0, 0.05) is 11.6 Å². The Morgan fingerprint density at radius 3 is 2.70 bits per heavy atom. The first kappa shape index (κ1) is 13.7. The lowest BCUT2D eigenvalue weighted by Crippen LogP contribution is -2.04. The van der Waals surface area contributed by atoms with Crippen molar-refractivity contribution in [2.24, 2.45) is 0 Å². The lowest BCUT2D eigenvalue weighted by Gasteiger charge is -2.09. The summed E-state index contributed by atoms with van der Waals surface area (Å²) in [7, 11) is 2.74. The van der Waals surface area contributed by atoms with Gasteiger partial charge in [0.2, 0.25) is 0 Å². The average molecular weight is 274 g/mol. The van der Waals surface area contributed by atoms with Crippen molar-refractivity contribution in [3.63, 3.8) is 0 Å². The number of benzene rings is 1.